The van der Waals surface area contributed by atoms with Gasteiger partial charge in [0, 0.05) is 24.5 Å². The van der Waals surface area contributed by atoms with Gasteiger partial charge in [-0.1, -0.05) is 20.8 Å². The van der Waals surface area contributed by atoms with Crippen LogP contribution in [0.4, 0.5) is 0 Å². The Morgan fingerprint density at radius 3 is 2.52 bits per heavy atom. The largest absolute Gasteiger partial charge is 0.444 e. The molecule has 0 spiro atoms. The summed E-state index contributed by atoms with van der Waals surface area (Å²) in [5.74, 6) is 2.83. The molecule has 1 N–H and O–H groups in total. The summed E-state index contributed by atoms with van der Waals surface area (Å²) in [4.78, 5) is 6.91. The fourth-order valence-electron chi connectivity index (χ4n) is 2.87. The summed E-state index contributed by atoms with van der Waals surface area (Å²) < 4.78 is 5.90. The van der Waals surface area contributed by atoms with Crippen molar-refractivity contribution >= 4 is 0 Å². The molecule has 0 radical (unpaired) electrons. The summed E-state index contributed by atoms with van der Waals surface area (Å²) in [5, 5.41) is 3.73. The van der Waals surface area contributed by atoms with E-state index in [9.17, 15) is 0 Å². The molecule has 1 aromatic rings. The van der Waals surface area contributed by atoms with Gasteiger partial charge in [-0.15, -0.1) is 0 Å². The van der Waals surface area contributed by atoms with E-state index in [0.29, 0.717) is 0 Å². The molecule has 3 rings (SSSR count). The molecule has 118 valence electrons. The minimum absolute atomic E-state index is 0.0466. The van der Waals surface area contributed by atoms with Crippen molar-refractivity contribution in [2.75, 3.05) is 19.6 Å². The van der Waals surface area contributed by atoms with Gasteiger partial charge < -0.3 is 9.73 Å². The van der Waals surface area contributed by atoms with Gasteiger partial charge in [0.15, 0.2) is 0 Å². The van der Waals surface area contributed by atoms with Crippen LogP contribution in [0.3, 0.4) is 0 Å². The summed E-state index contributed by atoms with van der Waals surface area (Å²) in [5.41, 5.74) is 0.0466. The topological polar surface area (TPSA) is 41.3 Å². The lowest BCUT2D eigenvalue weighted by Gasteiger charge is -2.31. The first-order valence-electron chi connectivity index (χ1n) is 8.41. The number of rotatable bonds is 5. The highest BCUT2D eigenvalue weighted by atomic mass is 16.4. The zero-order chi connectivity index (χ0) is 14.9. The Kier molecular flexibility index (Phi) is 4.36. The van der Waals surface area contributed by atoms with E-state index >= 15 is 0 Å². The Morgan fingerprint density at radius 2 is 1.95 bits per heavy atom. The number of aromatic nitrogens is 1. The lowest BCUT2D eigenvalue weighted by Crippen LogP contribution is -2.42. The third kappa shape index (κ3) is 4.30. The predicted molar refractivity (Wildman–Crippen MR) is 84.2 cm³/mol. The number of oxazole rings is 1. The minimum atomic E-state index is 0.0466. The highest BCUT2D eigenvalue weighted by Crippen LogP contribution is 2.28. The molecular formula is C17H29N3O. The van der Waals surface area contributed by atoms with Crippen molar-refractivity contribution in [3.05, 3.63) is 17.8 Å². The summed E-state index contributed by atoms with van der Waals surface area (Å²) in [6.45, 7) is 10.9. The van der Waals surface area contributed by atoms with Crippen molar-refractivity contribution in [2.24, 2.45) is 5.92 Å². The molecule has 0 amide bonds. The van der Waals surface area contributed by atoms with E-state index in [4.69, 9.17) is 4.42 Å². The standard InChI is InChI=1S/C17H29N3O/c1-17(2,3)15-11-19-16(21-15)12-20-8-6-14(7-9-20)18-10-13-4-5-13/h11,13-14,18H,4-10,12H2,1-3H3. The minimum Gasteiger partial charge on any atom is -0.444 e. The van der Waals surface area contributed by atoms with Gasteiger partial charge in [-0.05, 0) is 38.1 Å². The van der Waals surface area contributed by atoms with Crippen molar-refractivity contribution in [2.45, 2.75) is 64.5 Å². The maximum Gasteiger partial charge on any atom is 0.208 e. The van der Waals surface area contributed by atoms with Crippen LogP contribution in [-0.4, -0.2) is 35.6 Å². The maximum atomic E-state index is 5.90. The SMILES string of the molecule is CC(C)(C)c1cnc(CN2CCC(NCC3CC3)CC2)o1. The fraction of sp³-hybridized carbons (Fsp3) is 0.824. The Bertz CT molecular complexity index is 451. The third-order valence-electron chi connectivity index (χ3n) is 4.63. The predicted octanol–water partition coefficient (Wildman–Crippen LogP) is 2.94. The molecule has 1 aromatic heterocycles. The highest BCUT2D eigenvalue weighted by molar-refractivity contribution is 5.06. The van der Waals surface area contributed by atoms with Gasteiger partial charge in [-0.2, -0.15) is 0 Å². The van der Waals surface area contributed by atoms with Gasteiger partial charge in [0.05, 0.1) is 12.7 Å². The molecule has 1 aliphatic heterocycles. The van der Waals surface area contributed by atoms with Crippen LogP contribution >= 0.6 is 0 Å². The van der Waals surface area contributed by atoms with E-state index in [-0.39, 0.29) is 5.41 Å². The van der Waals surface area contributed by atoms with E-state index in [1.807, 2.05) is 6.20 Å². The molecule has 1 aliphatic carbocycles. The molecule has 21 heavy (non-hydrogen) atoms. The van der Waals surface area contributed by atoms with Crippen molar-refractivity contribution < 1.29 is 4.42 Å². The summed E-state index contributed by atoms with van der Waals surface area (Å²) >= 11 is 0. The number of nitrogens with zero attached hydrogens (tertiary/aromatic N) is 2. The number of piperidine rings is 1. The van der Waals surface area contributed by atoms with E-state index in [1.165, 1.54) is 32.2 Å². The van der Waals surface area contributed by atoms with Crippen molar-refractivity contribution in [3.8, 4) is 0 Å². The molecule has 0 bridgehead atoms. The molecule has 1 saturated heterocycles. The average molecular weight is 291 g/mol. The number of nitrogens with one attached hydrogen (secondary N) is 1. The van der Waals surface area contributed by atoms with Gasteiger partial charge in [-0.25, -0.2) is 4.98 Å². The van der Waals surface area contributed by atoms with E-state index < -0.39 is 0 Å². The Morgan fingerprint density at radius 1 is 1.24 bits per heavy atom. The number of likely N-dealkylation sites (tertiary alicyclic amines) is 1. The van der Waals surface area contributed by atoms with E-state index in [0.717, 1.165) is 43.2 Å². The van der Waals surface area contributed by atoms with Crippen LogP contribution in [0, 0.1) is 5.92 Å². The zero-order valence-electron chi connectivity index (χ0n) is 13.7. The van der Waals surface area contributed by atoms with Crippen molar-refractivity contribution in [1.82, 2.24) is 15.2 Å². The quantitative estimate of drug-likeness (QED) is 0.905. The second-order valence-corrected chi connectivity index (χ2v) is 7.77. The number of hydrogen-bond donors (Lipinski definition) is 1. The molecule has 4 nitrogen and oxygen atoms in total. The van der Waals surface area contributed by atoms with Gasteiger partial charge >= 0.3 is 0 Å². The lowest BCUT2D eigenvalue weighted by atomic mass is 9.94. The number of hydrogen-bond acceptors (Lipinski definition) is 4. The van der Waals surface area contributed by atoms with Gasteiger partial charge in [0.1, 0.15) is 5.76 Å². The maximum absolute atomic E-state index is 5.90. The Balaban J connectivity index is 1.43. The molecule has 2 heterocycles. The fourth-order valence-corrected chi connectivity index (χ4v) is 2.87. The molecule has 0 unspecified atom stereocenters. The summed E-state index contributed by atoms with van der Waals surface area (Å²) in [7, 11) is 0. The van der Waals surface area contributed by atoms with Gasteiger partial charge in [-0.3, -0.25) is 4.90 Å². The first-order valence-corrected chi connectivity index (χ1v) is 8.41. The van der Waals surface area contributed by atoms with E-state index in [1.54, 1.807) is 0 Å². The molecule has 4 heteroatoms. The highest BCUT2D eigenvalue weighted by Gasteiger charge is 2.25. The van der Waals surface area contributed by atoms with Crippen LogP contribution in [0.2, 0.25) is 0 Å². The molecule has 2 aliphatic rings. The lowest BCUT2D eigenvalue weighted by molar-refractivity contribution is 0.173. The van der Waals surface area contributed by atoms with Crippen LogP contribution < -0.4 is 5.32 Å². The van der Waals surface area contributed by atoms with Gasteiger partial charge in [0.25, 0.3) is 0 Å². The molecule has 0 aromatic carbocycles. The van der Waals surface area contributed by atoms with Crippen LogP contribution in [0.5, 0.6) is 0 Å². The average Bonchev–Trinajstić information content (AvgIpc) is 3.14. The molecule has 1 saturated carbocycles. The van der Waals surface area contributed by atoms with Crippen LogP contribution in [0.1, 0.15) is 58.1 Å². The molecule has 0 atom stereocenters. The van der Waals surface area contributed by atoms with Crippen LogP contribution in [0.15, 0.2) is 10.6 Å². The third-order valence-corrected chi connectivity index (χ3v) is 4.63. The van der Waals surface area contributed by atoms with Crippen molar-refractivity contribution in [1.29, 1.82) is 0 Å². The monoisotopic (exact) mass is 291 g/mol. The second kappa shape index (κ2) is 6.09. The van der Waals surface area contributed by atoms with E-state index in [2.05, 4.69) is 36.0 Å². The summed E-state index contributed by atoms with van der Waals surface area (Å²) in [6.07, 6.45) is 7.26. The van der Waals surface area contributed by atoms with Crippen LogP contribution in [-0.2, 0) is 12.0 Å². The molecular weight excluding hydrogens is 262 g/mol. The van der Waals surface area contributed by atoms with Crippen molar-refractivity contribution in [3.63, 3.8) is 0 Å². The zero-order valence-corrected chi connectivity index (χ0v) is 13.7. The summed E-state index contributed by atoms with van der Waals surface area (Å²) in [6, 6.07) is 0.719. The normalized spacial score (nSPS) is 21.9. The van der Waals surface area contributed by atoms with Crippen LogP contribution in [0.25, 0.3) is 0 Å². The first-order chi connectivity index (χ1) is 10.0. The Hall–Kier alpha value is -0.870. The smallest absolute Gasteiger partial charge is 0.208 e. The molecule has 2 fully saturated rings. The first kappa shape index (κ1) is 15.0. The second-order valence-electron chi connectivity index (χ2n) is 7.77. The van der Waals surface area contributed by atoms with Gasteiger partial charge in [0.2, 0.25) is 5.89 Å². The Labute approximate surface area is 128 Å².